The van der Waals surface area contributed by atoms with Crippen LogP contribution in [0.15, 0.2) is 12.1 Å². The Bertz CT molecular complexity index is 902. The van der Waals surface area contributed by atoms with Crippen molar-refractivity contribution in [2.24, 2.45) is 0 Å². The third kappa shape index (κ3) is 3.66. The molecule has 0 unspecified atom stereocenters. The number of hydrogen-bond acceptors (Lipinski definition) is 2. The molecule has 1 N–H and O–H groups in total. The maximum atomic E-state index is 14.7. The van der Waals surface area contributed by atoms with Gasteiger partial charge in [0.1, 0.15) is 0 Å². The standard InChI is InChI=1S/C20H19BrF4O2/c1-20(2,3)11-6-10(8-21)18(26)12(7-11)27-19-15(23)13(9-4-5-9)14(22)16(24)17(19)25/h6-7,9,26H,4-5,8H2,1-3H3. The molecule has 1 saturated carbocycles. The highest BCUT2D eigenvalue weighted by Crippen LogP contribution is 2.47. The molecule has 0 saturated heterocycles. The predicted molar refractivity (Wildman–Crippen MR) is 97.8 cm³/mol. The summed E-state index contributed by atoms with van der Waals surface area (Å²) in [4.78, 5) is 0. The zero-order valence-corrected chi connectivity index (χ0v) is 16.7. The van der Waals surface area contributed by atoms with Crippen LogP contribution in [0.25, 0.3) is 0 Å². The van der Waals surface area contributed by atoms with Gasteiger partial charge in [-0.05, 0) is 35.8 Å². The zero-order valence-electron chi connectivity index (χ0n) is 15.1. The van der Waals surface area contributed by atoms with Gasteiger partial charge in [-0.25, -0.2) is 13.2 Å². The van der Waals surface area contributed by atoms with Gasteiger partial charge in [0.15, 0.2) is 29.0 Å². The fourth-order valence-corrected chi connectivity index (χ4v) is 3.26. The molecule has 27 heavy (non-hydrogen) atoms. The molecule has 0 spiro atoms. The molecule has 2 aromatic carbocycles. The second-order valence-electron chi connectivity index (χ2n) is 7.74. The van der Waals surface area contributed by atoms with Gasteiger partial charge >= 0.3 is 0 Å². The topological polar surface area (TPSA) is 29.5 Å². The van der Waals surface area contributed by atoms with Crippen molar-refractivity contribution in [3.63, 3.8) is 0 Å². The summed E-state index contributed by atoms with van der Waals surface area (Å²) in [5.74, 6) is -8.40. The number of phenols is 1. The first-order valence-corrected chi connectivity index (χ1v) is 9.64. The number of alkyl halides is 1. The highest BCUT2D eigenvalue weighted by molar-refractivity contribution is 9.08. The van der Waals surface area contributed by atoms with Crippen LogP contribution >= 0.6 is 15.9 Å². The molecule has 2 aromatic rings. The summed E-state index contributed by atoms with van der Waals surface area (Å²) in [7, 11) is 0. The minimum absolute atomic E-state index is 0.220. The molecule has 0 aliphatic heterocycles. The second kappa shape index (κ2) is 7.00. The Kier molecular flexibility index (Phi) is 5.18. The molecule has 0 heterocycles. The summed E-state index contributed by atoms with van der Waals surface area (Å²) < 4.78 is 62.2. The first kappa shape index (κ1) is 20.0. The van der Waals surface area contributed by atoms with Gasteiger partial charge in [0.25, 0.3) is 0 Å². The fourth-order valence-electron chi connectivity index (χ4n) is 2.84. The molecular weight excluding hydrogens is 428 g/mol. The van der Waals surface area contributed by atoms with Gasteiger partial charge in [0.2, 0.25) is 11.6 Å². The quantitative estimate of drug-likeness (QED) is 0.242. The van der Waals surface area contributed by atoms with E-state index in [1.165, 1.54) is 6.07 Å². The smallest absolute Gasteiger partial charge is 0.207 e. The van der Waals surface area contributed by atoms with Crippen molar-refractivity contribution in [3.05, 3.63) is 52.1 Å². The second-order valence-corrected chi connectivity index (χ2v) is 8.30. The lowest BCUT2D eigenvalue weighted by Crippen LogP contribution is -2.12. The van der Waals surface area contributed by atoms with Crippen LogP contribution in [0, 0.1) is 23.3 Å². The lowest BCUT2D eigenvalue weighted by Gasteiger charge is -2.22. The Hall–Kier alpha value is -1.76. The molecule has 3 rings (SSSR count). The molecular formula is C20H19BrF4O2. The Labute approximate surface area is 163 Å². The molecule has 0 aromatic heterocycles. The van der Waals surface area contributed by atoms with Gasteiger partial charge in [-0.2, -0.15) is 4.39 Å². The monoisotopic (exact) mass is 446 g/mol. The summed E-state index contributed by atoms with van der Waals surface area (Å²) in [5, 5.41) is 10.6. The Morgan fingerprint density at radius 1 is 1.04 bits per heavy atom. The molecule has 1 aliphatic rings. The molecule has 1 fully saturated rings. The van der Waals surface area contributed by atoms with Gasteiger partial charge in [0, 0.05) is 16.5 Å². The molecule has 146 valence electrons. The van der Waals surface area contributed by atoms with E-state index in [0.717, 1.165) is 5.56 Å². The van der Waals surface area contributed by atoms with Crippen molar-refractivity contribution in [1.29, 1.82) is 0 Å². The van der Waals surface area contributed by atoms with Crippen LogP contribution < -0.4 is 4.74 Å². The van der Waals surface area contributed by atoms with E-state index in [0.29, 0.717) is 18.4 Å². The number of halogens is 5. The number of aromatic hydroxyl groups is 1. The molecule has 0 bridgehead atoms. The van der Waals surface area contributed by atoms with E-state index >= 15 is 0 Å². The van der Waals surface area contributed by atoms with E-state index in [1.54, 1.807) is 6.07 Å². The number of ether oxygens (including phenoxy) is 1. The van der Waals surface area contributed by atoms with E-state index in [-0.39, 0.29) is 22.2 Å². The summed E-state index contributed by atoms with van der Waals surface area (Å²) in [5.41, 5.74) is 0.349. The van der Waals surface area contributed by atoms with Crippen LogP contribution in [0.4, 0.5) is 17.6 Å². The van der Waals surface area contributed by atoms with E-state index < -0.39 is 40.5 Å². The van der Waals surface area contributed by atoms with Crippen molar-refractivity contribution in [1.82, 2.24) is 0 Å². The highest BCUT2D eigenvalue weighted by atomic mass is 79.9. The SMILES string of the molecule is CC(C)(C)c1cc(CBr)c(O)c(Oc2c(F)c(F)c(F)c(C3CC3)c2F)c1. The number of benzene rings is 2. The van der Waals surface area contributed by atoms with Crippen molar-refractivity contribution < 1.29 is 27.4 Å². The summed E-state index contributed by atoms with van der Waals surface area (Å²) >= 11 is 3.24. The van der Waals surface area contributed by atoms with Crippen LogP contribution in [-0.2, 0) is 10.7 Å². The van der Waals surface area contributed by atoms with Crippen molar-refractivity contribution in [2.75, 3.05) is 0 Å². The van der Waals surface area contributed by atoms with Crippen LogP contribution in [0.1, 0.15) is 56.2 Å². The third-order valence-corrected chi connectivity index (χ3v) is 5.22. The van der Waals surface area contributed by atoms with Crippen molar-refractivity contribution >= 4 is 15.9 Å². The first-order chi connectivity index (χ1) is 12.6. The van der Waals surface area contributed by atoms with E-state index in [4.69, 9.17) is 4.74 Å². The average molecular weight is 447 g/mol. The minimum atomic E-state index is -1.78. The van der Waals surface area contributed by atoms with Gasteiger partial charge in [0.05, 0.1) is 0 Å². The molecule has 0 atom stereocenters. The number of rotatable bonds is 4. The lowest BCUT2D eigenvalue weighted by molar-refractivity contribution is 0.346. The van der Waals surface area contributed by atoms with E-state index in [1.807, 2.05) is 20.8 Å². The van der Waals surface area contributed by atoms with Crippen LogP contribution in [-0.4, -0.2) is 5.11 Å². The predicted octanol–water partition coefficient (Wildman–Crippen LogP) is 6.81. The first-order valence-electron chi connectivity index (χ1n) is 8.52. The number of phenolic OH excluding ortho intramolecular Hbond substituents is 1. The Morgan fingerprint density at radius 3 is 2.19 bits per heavy atom. The van der Waals surface area contributed by atoms with Crippen molar-refractivity contribution in [3.8, 4) is 17.2 Å². The lowest BCUT2D eigenvalue weighted by atomic mass is 9.86. The highest BCUT2D eigenvalue weighted by Gasteiger charge is 2.36. The Morgan fingerprint density at radius 2 is 1.67 bits per heavy atom. The van der Waals surface area contributed by atoms with Crippen molar-refractivity contribution in [2.45, 2.75) is 50.3 Å². The number of hydrogen-bond donors (Lipinski definition) is 1. The van der Waals surface area contributed by atoms with Gasteiger partial charge in [-0.3, -0.25) is 0 Å². The average Bonchev–Trinajstić information content (AvgIpc) is 3.42. The molecule has 0 amide bonds. The molecule has 0 radical (unpaired) electrons. The molecule has 2 nitrogen and oxygen atoms in total. The summed E-state index contributed by atoms with van der Waals surface area (Å²) in [6, 6.07) is 3.18. The van der Waals surface area contributed by atoms with E-state index in [9.17, 15) is 22.7 Å². The van der Waals surface area contributed by atoms with Crippen LogP contribution in [0.2, 0.25) is 0 Å². The Balaban J connectivity index is 2.16. The summed E-state index contributed by atoms with van der Waals surface area (Å²) in [6.07, 6.45) is 0.994. The third-order valence-electron chi connectivity index (χ3n) is 4.62. The van der Waals surface area contributed by atoms with E-state index in [2.05, 4.69) is 15.9 Å². The van der Waals surface area contributed by atoms with Crippen LogP contribution in [0.3, 0.4) is 0 Å². The fraction of sp³-hybridized carbons (Fsp3) is 0.400. The molecule has 1 aliphatic carbocycles. The molecule has 7 heteroatoms. The van der Waals surface area contributed by atoms with Gasteiger partial charge < -0.3 is 9.84 Å². The minimum Gasteiger partial charge on any atom is -0.504 e. The van der Waals surface area contributed by atoms with Gasteiger partial charge in [-0.15, -0.1) is 0 Å². The maximum absolute atomic E-state index is 14.7. The normalized spacial score (nSPS) is 14.5. The van der Waals surface area contributed by atoms with Gasteiger partial charge in [-0.1, -0.05) is 42.8 Å². The summed E-state index contributed by atoms with van der Waals surface area (Å²) in [6.45, 7) is 5.77. The zero-order chi connectivity index (χ0) is 20.1. The van der Waals surface area contributed by atoms with Crippen LogP contribution in [0.5, 0.6) is 17.2 Å². The maximum Gasteiger partial charge on any atom is 0.207 e. The largest absolute Gasteiger partial charge is 0.504 e.